The van der Waals surface area contributed by atoms with E-state index in [1.54, 1.807) is 24.7 Å². The van der Waals surface area contributed by atoms with Gasteiger partial charge in [0.05, 0.1) is 23.2 Å². The van der Waals surface area contributed by atoms with E-state index in [4.69, 9.17) is 9.15 Å². The second kappa shape index (κ2) is 7.07. The largest absolute Gasteiger partial charge is 0.488 e. The minimum atomic E-state index is 0.216. The Morgan fingerprint density at radius 3 is 2.89 bits per heavy atom. The number of benzene rings is 1. The summed E-state index contributed by atoms with van der Waals surface area (Å²) in [6, 6.07) is 11.5. The van der Waals surface area contributed by atoms with Crippen molar-refractivity contribution in [1.29, 1.82) is 0 Å². The van der Waals surface area contributed by atoms with Crippen LogP contribution in [0.3, 0.4) is 0 Å². The van der Waals surface area contributed by atoms with Crippen molar-refractivity contribution in [2.75, 3.05) is 0 Å². The highest BCUT2D eigenvalue weighted by Crippen LogP contribution is 2.29. The molecule has 3 aromatic heterocycles. The first-order chi connectivity index (χ1) is 13.2. The van der Waals surface area contributed by atoms with Crippen molar-refractivity contribution in [2.45, 2.75) is 26.5 Å². The van der Waals surface area contributed by atoms with E-state index in [0.717, 1.165) is 28.6 Å². The summed E-state index contributed by atoms with van der Waals surface area (Å²) in [5, 5.41) is 5.25. The molecule has 4 rings (SSSR count). The maximum Gasteiger partial charge on any atom is 0.157 e. The Morgan fingerprint density at radius 2 is 2.07 bits per heavy atom. The van der Waals surface area contributed by atoms with Gasteiger partial charge in [-0.15, -0.1) is 0 Å². The zero-order valence-electron chi connectivity index (χ0n) is 15.1. The molecule has 3 heterocycles. The summed E-state index contributed by atoms with van der Waals surface area (Å²) in [6.45, 7) is 4.43. The van der Waals surface area contributed by atoms with Gasteiger partial charge in [-0.25, -0.2) is 0 Å². The Morgan fingerprint density at radius 1 is 1.19 bits per heavy atom. The van der Waals surface area contributed by atoms with Gasteiger partial charge in [0.25, 0.3) is 0 Å². The van der Waals surface area contributed by atoms with Crippen LogP contribution in [0.4, 0.5) is 0 Å². The third kappa shape index (κ3) is 3.10. The maximum absolute atomic E-state index is 11.6. The van der Waals surface area contributed by atoms with Gasteiger partial charge in [0.15, 0.2) is 6.29 Å². The number of carbonyl (C=O) groups excluding carboxylic acids is 1. The Balaban J connectivity index is 1.67. The average Bonchev–Trinajstić information content (AvgIpc) is 3.35. The number of hydrogen-bond donors (Lipinski definition) is 0. The number of carbonyl (C=O) groups is 1. The number of ether oxygens (including phenoxy) is 1. The van der Waals surface area contributed by atoms with E-state index in [1.165, 1.54) is 0 Å². The maximum atomic E-state index is 11.6. The molecule has 0 saturated carbocycles. The highest BCUT2D eigenvalue weighted by molar-refractivity contribution is 5.97. The van der Waals surface area contributed by atoms with E-state index in [-0.39, 0.29) is 12.6 Å². The summed E-state index contributed by atoms with van der Waals surface area (Å²) in [5.41, 5.74) is 3.61. The number of fused-ring (bicyclic) bond motifs is 1. The highest BCUT2D eigenvalue weighted by Gasteiger charge is 2.15. The molecule has 27 heavy (non-hydrogen) atoms. The molecule has 0 radical (unpaired) electrons. The topological polar surface area (TPSA) is 70.2 Å². The average molecular weight is 361 g/mol. The van der Waals surface area contributed by atoms with Crippen molar-refractivity contribution >= 4 is 17.3 Å². The van der Waals surface area contributed by atoms with Gasteiger partial charge in [-0.1, -0.05) is 6.07 Å². The molecule has 0 aliphatic rings. The van der Waals surface area contributed by atoms with Gasteiger partial charge in [0.2, 0.25) is 0 Å². The van der Waals surface area contributed by atoms with Crippen LogP contribution in [0.5, 0.6) is 5.75 Å². The summed E-state index contributed by atoms with van der Waals surface area (Å²) in [6.07, 6.45) is 5.85. The molecule has 0 amide bonds. The summed E-state index contributed by atoms with van der Waals surface area (Å²) < 4.78 is 13.3. The fourth-order valence-electron chi connectivity index (χ4n) is 3.13. The van der Waals surface area contributed by atoms with E-state index in [2.05, 4.69) is 23.9 Å². The van der Waals surface area contributed by atoms with Gasteiger partial charge in [-0.05, 0) is 44.2 Å². The molecule has 0 unspecified atom stereocenters. The lowest BCUT2D eigenvalue weighted by molar-refractivity contribution is 0.111. The molecule has 0 spiro atoms. The number of nitrogens with zero attached hydrogens (tertiary/aromatic N) is 3. The zero-order valence-corrected chi connectivity index (χ0v) is 15.1. The third-order valence-corrected chi connectivity index (χ3v) is 4.41. The molecular weight excluding hydrogens is 342 g/mol. The number of hydrogen-bond acceptors (Lipinski definition) is 5. The predicted octanol–water partition coefficient (Wildman–Crippen LogP) is 4.66. The SMILES string of the molecule is CC(C)n1nccc1-c1ncccc1COc1ccc2ccoc2c1C=O. The van der Waals surface area contributed by atoms with Gasteiger partial charge in [-0.3, -0.25) is 14.5 Å². The van der Waals surface area contributed by atoms with E-state index in [0.29, 0.717) is 16.9 Å². The summed E-state index contributed by atoms with van der Waals surface area (Å²) in [7, 11) is 0. The molecule has 0 N–H and O–H groups in total. The van der Waals surface area contributed by atoms with Crippen molar-refractivity contribution < 1.29 is 13.9 Å². The second-order valence-electron chi connectivity index (χ2n) is 6.49. The lowest BCUT2D eigenvalue weighted by Gasteiger charge is -2.14. The number of aromatic nitrogens is 3. The molecule has 6 heteroatoms. The van der Waals surface area contributed by atoms with Crippen LogP contribution in [0, 0.1) is 0 Å². The van der Waals surface area contributed by atoms with Crippen molar-refractivity contribution in [3.05, 3.63) is 66.2 Å². The minimum Gasteiger partial charge on any atom is -0.488 e. The first kappa shape index (κ1) is 17.0. The predicted molar refractivity (Wildman–Crippen MR) is 102 cm³/mol. The lowest BCUT2D eigenvalue weighted by atomic mass is 10.1. The van der Waals surface area contributed by atoms with Gasteiger partial charge < -0.3 is 9.15 Å². The number of rotatable bonds is 6. The summed E-state index contributed by atoms with van der Waals surface area (Å²) >= 11 is 0. The van der Waals surface area contributed by atoms with Gasteiger partial charge >= 0.3 is 0 Å². The van der Waals surface area contributed by atoms with Crippen LogP contribution < -0.4 is 4.74 Å². The monoisotopic (exact) mass is 361 g/mol. The van der Waals surface area contributed by atoms with Crippen molar-refractivity contribution in [2.24, 2.45) is 0 Å². The first-order valence-electron chi connectivity index (χ1n) is 8.75. The molecule has 0 fully saturated rings. The summed E-state index contributed by atoms with van der Waals surface area (Å²) in [5.74, 6) is 0.486. The van der Waals surface area contributed by atoms with Crippen LogP contribution in [0.1, 0.15) is 35.8 Å². The fraction of sp³-hybridized carbons (Fsp3) is 0.190. The normalized spacial score (nSPS) is 11.2. The Kier molecular flexibility index (Phi) is 4.46. The van der Waals surface area contributed by atoms with Crippen molar-refractivity contribution in [3.63, 3.8) is 0 Å². The number of furan rings is 1. The van der Waals surface area contributed by atoms with Crippen LogP contribution in [0.25, 0.3) is 22.4 Å². The molecule has 0 bridgehead atoms. The van der Waals surface area contributed by atoms with Crippen LogP contribution in [0.2, 0.25) is 0 Å². The smallest absolute Gasteiger partial charge is 0.157 e. The summed E-state index contributed by atoms with van der Waals surface area (Å²) in [4.78, 5) is 16.1. The minimum absolute atomic E-state index is 0.216. The van der Waals surface area contributed by atoms with E-state index in [1.807, 2.05) is 35.0 Å². The second-order valence-corrected chi connectivity index (χ2v) is 6.49. The Labute approximate surface area is 156 Å². The van der Waals surface area contributed by atoms with Crippen LogP contribution in [0.15, 0.2) is 59.5 Å². The molecule has 6 nitrogen and oxygen atoms in total. The van der Waals surface area contributed by atoms with Gasteiger partial charge in [0.1, 0.15) is 17.9 Å². The molecule has 0 aliphatic heterocycles. The van der Waals surface area contributed by atoms with Crippen LogP contribution in [-0.2, 0) is 6.61 Å². The molecule has 136 valence electrons. The molecule has 0 aliphatic carbocycles. The van der Waals surface area contributed by atoms with Gasteiger partial charge in [-0.2, -0.15) is 5.10 Å². The van der Waals surface area contributed by atoms with E-state index >= 15 is 0 Å². The highest BCUT2D eigenvalue weighted by atomic mass is 16.5. The Hall–Kier alpha value is -3.41. The molecule has 0 saturated heterocycles. The van der Waals surface area contributed by atoms with Gasteiger partial charge in [0, 0.05) is 29.4 Å². The molecule has 4 aromatic rings. The molecule has 0 atom stereocenters. The van der Waals surface area contributed by atoms with E-state index < -0.39 is 0 Å². The van der Waals surface area contributed by atoms with Crippen LogP contribution in [-0.4, -0.2) is 21.1 Å². The number of aldehydes is 1. The van der Waals surface area contributed by atoms with Crippen molar-refractivity contribution in [1.82, 2.24) is 14.8 Å². The van der Waals surface area contributed by atoms with Crippen LogP contribution >= 0.6 is 0 Å². The zero-order chi connectivity index (χ0) is 18.8. The first-order valence-corrected chi connectivity index (χ1v) is 8.75. The Bertz CT molecular complexity index is 1090. The standard InChI is InChI=1S/C21H19N3O3/c1-14(2)24-18(7-10-23-24)20-16(4-3-9-22-20)13-27-19-6-5-15-8-11-26-21(15)17(19)12-25/h3-12,14H,13H2,1-2H3. The third-order valence-electron chi connectivity index (χ3n) is 4.41. The van der Waals surface area contributed by atoms with E-state index in [9.17, 15) is 4.79 Å². The quantitative estimate of drug-likeness (QED) is 0.467. The number of pyridine rings is 1. The fourth-order valence-corrected chi connectivity index (χ4v) is 3.13. The van der Waals surface area contributed by atoms with Crippen molar-refractivity contribution in [3.8, 4) is 17.1 Å². The molecular formula is C21H19N3O3. The molecule has 1 aromatic carbocycles. The lowest BCUT2D eigenvalue weighted by Crippen LogP contribution is -2.08.